The first-order chi connectivity index (χ1) is 13.6. The number of carbonyl (C=O) groups is 1. The summed E-state index contributed by atoms with van der Waals surface area (Å²) >= 11 is 1.73. The van der Waals surface area contributed by atoms with Crippen LogP contribution in [-0.4, -0.2) is 55.6 Å². The maximum absolute atomic E-state index is 12.8. The fourth-order valence-electron chi connectivity index (χ4n) is 3.64. The first-order valence-corrected chi connectivity index (χ1v) is 10.7. The molecule has 6 heteroatoms. The van der Waals surface area contributed by atoms with Gasteiger partial charge < -0.3 is 14.7 Å². The molecule has 2 atom stereocenters. The SMILES string of the molecule is C[C@@H](c1nc2ccccc2s1)[NH+](C)CC(=O)N1CCN(c2ccccc2)CC1. The molecule has 2 aromatic carbocycles. The molecule has 28 heavy (non-hydrogen) atoms. The van der Waals surface area contributed by atoms with Gasteiger partial charge in [0.05, 0.1) is 17.3 Å². The van der Waals surface area contributed by atoms with Crippen molar-refractivity contribution >= 4 is 33.1 Å². The molecular weight excluding hydrogens is 368 g/mol. The number of likely N-dealkylation sites (N-methyl/N-ethyl adjacent to an activating group) is 1. The van der Waals surface area contributed by atoms with E-state index in [4.69, 9.17) is 4.98 Å². The molecule has 4 rings (SSSR count). The number of fused-ring (bicyclic) bond motifs is 1. The minimum Gasteiger partial charge on any atom is -0.368 e. The smallest absolute Gasteiger partial charge is 0.277 e. The molecule has 0 radical (unpaired) electrons. The van der Waals surface area contributed by atoms with Crippen molar-refractivity contribution in [3.63, 3.8) is 0 Å². The molecule has 1 aliphatic heterocycles. The standard InChI is InChI=1S/C22H26N4OS/c1-17(22-23-19-10-6-7-11-20(19)28-22)24(2)16-21(27)26-14-12-25(13-15-26)18-8-4-3-5-9-18/h3-11,17H,12-16H2,1-2H3/p+1/t17-/m0/s1. The third-order valence-electron chi connectivity index (χ3n) is 5.60. The fraction of sp³-hybridized carbons (Fsp3) is 0.364. The molecular formula is C22H27N4OS+. The second-order valence-corrected chi connectivity index (χ2v) is 8.53. The number of carbonyl (C=O) groups excluding carboxylic acids is 1. The average Bonchev–Trinajstić information content (AvgIpc) is 3.18. The molecule has 0 bridgehead atoms. The molecule has 1 aromatic heterocycles. The Bertz CT molecular complexity index is 901. The van der Waals surface area contributed by atoms with Gasteiger partial charge in [-0.2, -0.15) is 0 Å². The Morgan fingerprint density at radius 1 is 1.07 bits per heavy atom. The minimum atomic E-state index is 0.201. The maximum atomic E-state index is 12.8. The second kappa shape index (κ2) is 8.29. The number of thiazole rings is 1. The summed E-state index contributed by atoms with van der Waals surface area (Å²) in [5.74, 6) is 0.234. The van der Waals surface area contributed by atoms with Crippen molar-refractivity contribution in [2.45, 2.75) is 13.0 Å². The third-order valence-corrected chi connectivity index (χ3v) is 6.82. The highest BCUT2D eigenvalue weighted by Gasteiger charge is 2.27. The molecule has 0 spiro atoms. The van der Waals surface area contributed by atoms with Gasteiger partial charge in [-0.3, -0.25) is 4.79 Å². The van der Waals surface area contributed by atoms with E-state index in [2.05, 4.69) is 55.3 Å². The van der Waals surface area contributed by atoms with Crippen LogP contribution in [0.25, 0.3) is 10.2 Å². The van der Waals surface area contributed by atoms with Crippen LogP contribution in [0.15, 0.2) is 54.6 Å². The topological polar surface area (TPSA) is 40.9 Å². The first kappa shape index (κ1) is 18.9. The zero-order valence-electron chi connectivity index (χ0n) is 16.5. The van der Waals surface area contributed by atoms with Crippen LogP contribution in [0.3, 0.4) is 0 Å². The Balaban J connectivity index is 1.33. The summed E-state index contributed by atoms with van der Waals surface area (Å²) in [4.78, 5) is 23.1. The predicted molar refractivity (Wildman–Crippen MR) is 115 cm³/mol. The number of para-hydroxylation sites is 2. The molecule has 146 valence electrons. The van der Waals surface area contributed by atoms with Crippen molar-refractivity contribution in [1.82, 2.24) is 9.88 Å². The lowest BCUT2D eigenvalue weighted by molar-refractivity contribution is -0.902. The van der Waals surface area contributed by atoms with Crippen molar-refractivity contribution in [2.24, 2.45) is 0 Å². The van der Waals surface area contributed by atoms with Crippen LogP contribution in [0.5, 0.6) is 0 Å². The number of piperazine rings is 1. The van der Waals surface area contributed by atoms with Crippen LogP contribution < -0.4 is 9.80 Å². The highest BCUT2D eigenvalue weighted by molar-refractivity contribution is 7.18. The van der Waals surface area contributed by atoms with Gasteiger partial charge in [0, 0.05) is 31.9 Å². The zero-order chi connectivity index (χ0) is 19.5. The Labute approximate surface area is 170 Å². The van der Waals surface area contributed by atoms with Gasteiger partial charge in [0.1, 0.15) is 6.04 Å². The van der Waals surface area contributed by atoms with Crippen molar-refractivity contribution in [2.75, 3.05) is 44.7 Å². The molecule has 1 N–H and O–H groups in total. The number of aromatic nitrogens is 1. The Morgan fingerprint density at radius 2 is 1.75 bits per heavy atom. The molecule has 0 aliphatic carbocycles. The van der Waals surface area contributed by atoms with Crippen LogP contribution in [0.1, 0.15) is 18.0 Å². The second-order valence-electron chi connectivity index (χ2n) is 7.47. The van der Waals surface area contributed by atoms with Crippen molar-refractivity contribution in [1.29, 1.82) is 0 Å². The molecule has 2 heterocycles. The summed E-state index contributed by atoms with van der Waals surface area (Å²) in [5, 5.41) is 1.10. The van der Waals surface area contributed by atoms with E-state index in [1.54, 1.807) is 11.3 Å². The number of quaternary nitrogens is 1. The summed E-state index contributed by atoms with van der Waals surface area (Å²) in [6, 6.07) is 18.9. The zero-order valence-corrected chi connectivity index (χ0v) is 17.3. The quantitative estimate of drug-likeness (QED) is 0.720. The van der Waals surface area contributed by atoms with Crippen molar-refractivity contribution in [3.8, 4) is 0 Å². The van der Waals surface area contributed by atoms with E-state index in [0.29, 0.717) is 6.54 Å². The van der Waals surface area contributed by atoms with E-state index < -0.39 is 0 Å². The van der Waals surface area contributed by atoms with Gasteiger partial charge in [-0.15, -0.1) is 11.3 Å². The highest BCUT2D eigenvalue weighted by Crippen LogP contribution is 2.24. The molecule has 3 aromatic rings. The van der Waals surface area contributed by atoms with Gasteiger partial charge in [0.15, 0.2) is 11.6 Å². The van der Waals surface area contributed by atoms with E-state index in [1.807, 2.05) is 23.1 Å². The molecule has 1 saturated heterocycles. The van der Waals surface area contributed by atoms with Crippen LogP contribution in [0, 0.1) is 0 Å². The lowest BCUT2D eigenvalue weighted by Gasteiger charge is -2.36. The molecule has 0 saturated carbocycles. The van der Waals surface area contributed by atoms with E-state index in [1.165, 1.54) is 15.3 Å². The predicted octanol–water partition coefficient (Wildman–Crippen LogP) is 2.22. The van der Waals surface area contributed by atoms with Gasteiger partial charge in [0.2, 0.25) is 0 Å². The summed E-state index contributed by atoms with van der Waals surface area (Å²) < 4.78 is 1.21. The van der Waals surface area contributed by atoms with Crippen molar-refractivity contribution < 1.29 is 9.69 Å². The lowest BCUT2D eigenvalue weighted by Crippen LogP contribution is -3.10. The summed E-state index contributed by atoms with van der Waals surface area (Å²) in [5.41, 5.74) is 2.28. The van der Waals surface area contributed by atoms with Crippen molar-refractivity contribution in [3.05, 3.63) is 59.6 Å². The first-order valence-electron chi connectivity index (χ1n) is 9.87. The van der Waals surface area contributed by atoms with Crippen LogP contribution in [0.4, 0.5) is 5.69 Å². The number of hydrogen-bond donors (Lipinski definition) is 1. The number of benzene rings is 2. The van der Waals surface area contributed by atoms with E-state index >= 15 is 0 Å². The number of hydrogen-bond acceptors (Lipinski definition) is 4. The molecule has 5 nitrogen and oxygen atoms in total. The molecule has 1 aliphatic rings. The normalized spacial score (nSPS) is 16.9. The monoisotopic (exact) mass is 395 g/mol. The number of amides is 1. The average molecular weight is 396 g/mol. The summed E-state index contributed by atoms with van der Waals surface area (Å²) in [7, 11) is 2.09. The highest BCUT2D eigenvalue weighted by atomic mass is 32.1. The number of nitrogens with zero attached hydrogens (tertiary/aromatic N) is 3. The fourth-order valence-corrected chi connectivity index (χ4v) is 4.75. The van der Waals surface area contributed by atoms with Gasteiger partial charge in [-0.05, 0) is 31.2 Å². The van der Waals surface area contributed by atoms with Gasteiger partial charge in [-0.1, -0.05) is 30.3 Å². The van der Waals surface area contributed by atoms with Gasteiger partial charge >= 0.3 is 0 Å². The van der Waals surface area contributed by atoms with E-state index in [0.717, 1.165) is 36.7 Å². The van der Waals surface area contributed by atoms with E-state index in [9.17, 15) is 4.79 Å². The number of rotatable bonds is 5. The molecule has 1 fully saturated rings. The van der Waals surface area contributed by atoms with Gasteiger partial charge in [-0.25, -0.2) is 4.98 Å². The van der Waals surface area contributed by atoms with Gasteiger partial charge in [0.25, 0.3) is 5.91 Å². The maximum Gasteiger partial charge on any atom is 0.277 e. The number of nitrogens with one attached hydrogen (secondary N) is 1. The minimum absolute atomic E-state index is 0.201. The largest absolute Gasteiger partial charge is 0.368 e. The Hall–Kier alpha value is -2.44. The van der Waals surface area contributed by atoms with Crippen LogP contribution in [0.2, 0.25) is 0 Å². The Morgan fingerprint density at radius 3 is 2.46 bits per heavy atom. The molecule has 1 unspecified atom stereocenters. The lowest BCUT2D eigenvalue weighted by atomic mass is 10.2. The van der Waals surface area contributed by atoms with Crippen LogP contribution in [-0.2, 0) is 4.79 Å². The Kier molecular flexibility index (Phi) is 5.59. The summed E-state index contributed by atoms with van der Waals surface area (Å²) in [6.45, 7) is 6.02. The third kappa shape index (κ3) is 4.03. The van der Waals surface area contributed by atoms with Crippen LogP contribution >= 0.6 is 11.3 Å². The molecule has 1 amide bonds. The number of anilines is 1. The summed E-state index contributed by atoms with van der Waals surface area (Å²) in [6.07, 6.45) is 0. The van der Waals surface area contributed by atoms with E-state index in [-0.39, 0.29) is 11.9 Å².